The summed E-state index contributed by atoms with van der Waals surface area (Å²) in [6.45, 7) is 1.93. The Morgan fingerprint density at radius 2 is 1.94 bits per heavy atom. The Labute approximate surface area is 187 Å². The number of carbonyl (C=O) groups is 1. The maximum Gasteiger partial charge on any atom is 0.416 e. The average molecular weight is 459 g/mol. The van der Waals surface area contributed by atoms with Crippen molar-refractivity contribution in [3.8, 4) is 11.4 Å². The molecule has 0 atom stereocenters. The number of amides is 1. The van der Waals surface area contributed by atoms with Crippen LogP contribution in [0.4, 0.5) is 13.2 Å². The van der Waals surface area contributed by atoms with E-state index in [1.54, 1.807) is 13.0 Å². The highest BCUT2D eigenvalue weighted by Gasteiger charge is 2.30. The molecule has 7 nitrogen and oxygen atoms in total. The molecule has 1 N–H and O–H groups in total. The standard InChI is InChI=1S/C23H24F3N5O2/c1-15-13-19-29-30(14-20(32)27-12-11-16-5-3-2-4-6-16)22(33)31(19)21(28-15)17-7-9-18(10-8-17)23(24,25)26/h5,7-10,13H,2-4,6,11-12,14H2,1H3,(H,27,32). The van der Waals surface area contributed by atoms with Gasteiger partial charge in [0.25, 0.3) is 0 Å². The van der Waals surface area contributed by atoms with Crippen LogP contribution in [0, 0.1) is 6.92 Å². The topological polar surface area (TPSA) is 81.3 Å². The summed E-state index contributed by atoms with van der Waals surface area (Å²) in [6, 6.07) is 5.99. The molecule has 1 amide bonds. The van der Waals surface area contributed by atoms with E-state index in [1.807, 2.05) is 0 Å². The lowest BCUT2D eigenvalue weighted by molar-refractivity contribution is -0.137. The van der Waals surface area contributed by atoms with Crippen molar-refractivity contribution in [2.24, 2.45) is 0 Å². The van der Waals surface area contributed by atoms with Crippen molar-refractivity contribution in [2.75, 3.05) is 6.54 Å². The molecular weight excluding hydrogens is 435 g/mol. The van der Waals surface area contributed by atoms with E-state index < -0.39 is 17.4 Å². The maximum atomic E-state index is 13.0. The number of hydrogen-bond acceptors (Lipinski definition) is 4. The van der Waals surface area contributed by atoms with Gasteiger partial charge in [0.2, 0.25) is 5.91 Å². The molecule has 1 aromatic carbocycles. The van der Waals surface area contributed by atoms with E-state index >= 15 is 0 Å². The van der Waals surface area contributed by atoms with E-state index in [9.17, 15) is 22.8 Å². The Balaban J connectivity index is 1.55. The summed E-state index contributed by atoms with van der Waals surface area (Å²) in [6.07, 6.45) is 3.06. The van der Waals surface area contributed by atoms with Crippen molar-refractivity contribution in [1.82, 2.24) is 24.5 Å². The quantitative estimate of drug-likeness (QED) is 0.567. The van der Waals surface area contributed by atoms with Crippen LogP contribution in [0.15, 0.2) is 46.8 Å². The summed E-state index contributed by atoms with van der Waals surface area (Å²) >= 11 is 0. The number of rotatable bonds is 6. The van der Waals surface area contributed by atoms with Gasteiger partial charge in [-0.2, -0.15) is 13.2 Å². The first-order chi connectivity index (χ1) is 15.7. The highest BCUT2D eigenvalue weighted by atomic mass is 19.4. The normalized spacial score (nSPS) is 14.4. The summed E-state index contributed by atoms with van der Waals surface area (Å²) in [5, 5.41) is 7.05. The van der Waals surface area contributed by atoms with Crippen LogP contribution in [-0.2, 0) is 17.5 Å². The number of allylic oxidation sites excluding steroid dienone is 1. The van der Waals surface area contributed by atoms with Crippen molar-refractivity contribution in [2.45, 2.75) is 51.7 Å². The lowest BCUT2D eigenvalue weighted by atomic mass is 9.97. The minimum atomic E-state index is -4.46. The van der Waals surface area contributed by atoms with Gasteiger partial charge in [0.05, 0.1) is 5.56 Å². The molecule has 0 aliphatic heterocycles. The van der Waals surface area contributed by atoms with Crippen molar-refractivity contribution in [1.29, 1.82) is 0 Å². The third-order valence-electron chi connectivity index (χ3n) is 5.61. The summed E-state index contributed by atoms with van der Waals surface area (Å²) in [7, 11) is 0. The molecule has 0 saturated carbocycles. The molecule has 1 aliphatic carbocycles. The number of alkyl halides is 3. The van der Waals surface area contributed by atoms with Gasteiger partial charge in [-0.15, -0.1) is 5.10 Å². The van der Waals surface area contributed by atoms with E-state index in [0.717, 1.165) is 36.1 Å². The van der Waals surface area contributed by atoms with Gasteiger partial charge in [-0.3, -0.25) is 4.79 Å². The number of benzene rings is 1. The molecule has 4 rings (SSSR count). The summed E-state index contributed by atoms with van der Waals surface area (Å²) in [4.78, 5) is 29.7. The van der Waals surface area contributed by atoms with Crippen LogP contribution in [0.25, 0.3) is 17.0 Å². The Bertz CT molecular complexity index is 1260. The van der Waals surface area contributed by atoms with E-state index in [2.05, 4.69) is 21.5 Å². The molecule has 1 aliphatic rings. The third-order valence-corrected chi connectivity index (χ3v) is 5.61. The fourth-order valence-electron chi connectivity index (χ4n) is 3.94. The number of aryl methyl sites for hydroxylation is 1. The fraction of sp³-hybridized carbons (Fsp3) is 0.391. The van der Waals surface area contributed by atoms with Crippen LogP contribution in [0.1, 0.15) is 43.4 Å². The van der Waals surface area contributed by atoms with Gasteiger partial charge in [0, 0.05) is 23.9 Å². The van der Waals surface area contributed by atoms with Crippen molar-refractivity contribution >= 4 is 11.6 Å². The Hall–Kier alpha value is -3.43. The van der Waals surface area contributed by atoms with Crippen LogP contribution < -0.4 is 11.0 Å². The van der Waals surface area contributed by atoms with Crippen molar-refractivity contribution in [3.05, 3.63) is 63.7 Å². The minimum Gasteiger partial charge on any atom is -0.354 e. The van der Waals surface area contributed by atoms with Gasteiger partial charge in [-0.25, -0.2) is 18.9 Å². The van der Waals surface area contributed by atoms with E-state index in [-0.39, 0.29) is 23.9 Å². The number of hydrogen-bond donors (Lipinski definition) is 1. The zero-order valence-corrected chi connectivity index (χ0v) is 18.2. The highest BCUT2D eigenvalue weighted by Crippen LogP contribution is 2.30. The summed E-state index contributed by atoms with van der Waals surface area (Å²) in [5.74, 6) is -0.169. The first kappa shape index (κ1) is 22.8. The Kier molecular flexibility index (Phi) is 6.35. The number of nitrogens with one attached hydrogen (secondary N) is 1. The molecule has 2 aromatic heterocycles. The molecule has 0 unspecified atom stereocenters. The Morgan fingerprint density at radius 1 is 1.18 bits per heavy atom. The molecule has 0 radical (unpaired) electrons. The zero-order chi connectivity index (χ0) is 23.6. The predicted octanol–water partition coefficient (Wildman–Crippen LogP) is 3.89. The maximum absolute atomic E-state index is 13.0. The monoisotopic (exact) mass is 459 g/mol. The summed E-state index contributed by atoms with van der Waals surface area (Å²) in [5.41, 5.74) is 1.11. The molecule has 3 aromatic rings. The molecular formula is C23H24F3N5O2. The van der Waals surface area contributed by atoms with Gasteiger partial charge in [0.1, 0.15) is 12.4 Å². The summed E-state index contributed by atoms with van der Waals surface area (Å²) < 4.78 is 40.9. The van der Waals surface area contributed by atoms with Gasteiger partial charge in [-0.05, 0) is 51.2 Å². The molecule has 0 fully saturated rings. The van der Waals surface area contributed by atoms with Gasteiger partial charge < -0.3 is 5.32 Å². The second kappa shape index (κ2) is 9.21. The second-order valence-corrected chi connectivity index (χ2v) is 8.14. The minimum absolute atomic E-state index is 0.166. The fourth-order valence-corrected chi connectivity index (χ4v) is 3.94. The van der Waals surface area contributed by atoms with Gasteiger partial charge >= 0.3 is 11.9 Å². The highest BCUT2D eigenvalue weighted by molar-refractivity contribution is 5.75. The van der Waals surface area contributed by atoms with Crippen LogP contribution in [0.3, 0.4) is 0 Å². The number of nitrogens with zero attached hydrogens (tertiary/aromatic N) is 4. The number of fused-ring (bicyclic) bond motifs is 1. The molecule has 0 spiro atoms. The predicted molar refractivity (Wildman–Crippen MR) is 117 cm³/mol. The van der Waals surface area contributed by atoms with Crippen LogP contribution in [-0.4, -0.2) is 31.6 Å². The van der Waals surface area contributed by atoms with Crippen LogP contribution in [0.2, 0.25) is 0 Å². The number of halogens is 3. The smallest absolute Gasteiger partial charge is 0.354 e. The van der Waals surface area contributed by atoms with Crippen LogP contribution in [0.5, 0.6) is 0 Å². The molecule has 0 saturated heterocycles. The SMILES string of the molecule is Cc1cc2nn(CC(=O)NCCC3=CCCCC3)c(=O)n2c(-c2ccc(C(F)(F)F)cc2)n1. The Morgan fingerprint density at radius 3 is 2.61 bits per heavy atom. The first-order valence-corrected chi connectivity index (χ1v) is 10.8. The largest absolute Gasteiger partial charge is 0.416 e. The van der Waals surface area contributed by atoms with Crippen molar-refractivity contribution in [3.63, 3.8) is 0 Å². The second-order valence-electron chi connectivity index (χ2n) is 8.14. The third kappa shape index (κ3) is 5.15. The number of carbonyl (C=O) groups excluding carboxylic acids is 1. The molecule has 2 heterocycles. The number of aromatic nitrogens is 4. The van der Waals surface area contributed by atoms with Crippen LogP contribution >= 0.6 is 0 Å². The zero-order valence-electron chi connectivity index (χ0n) is 18.2. The molecule has 174 valence electrons. The lowest BCUT2D eigenvalue weighted by Crippen LogP contribution is -2.33. The average Bonchev–Trinajstić information content (AvgIpc) is 3.08. The molecule has 10 heteroatoms. The van der Waals surface area contributed by atoms with Gasteiger partial charge in [-0.1, -0.05) is 23.8 Å². The molecule has 33 heavy (non-hydrogen) atoms. The molecule has 0 bridgehead atoms. The first-order valence-electron chi connectivity index (χ1n) is 10.8. The van der Waals surface area contributed by atoms with E-state index in [0.29, 0.717) is 17.8 Å². The van der Waals surface area contributed by atoms with Crippen molar-refractivity contribution < 1.29 is 18.0 Å². The van der Waals surface area contributed by atoms with Gasteiger partial charge in [0.15, 0.2) is 5.65 Å². The van der Waals surface area contributed by atoms with E-state index in [4.69, 9.17) is 0 Å². The van der Waals surface area contributed by atoms with E-state index in [1.165, 1.54) is 34.9 Å². The lowest BCUT2D eigenvalue weighted by Gasteiger charge is -2.12.